The van der Waals surface area contributed by atoms with Gasteiger partial charge in [0.15, 0.2) is 15.5 Å². The first kappa shape index (κ1) is 20.4. The van der Waals surface area contributed by atoms with Crippen molar-refractivity contribution in [2.24, 2.45) is 0 Å². The van der Waals surface area contributed by atoms with Crippen molar-refractivity contribution >= 4 is 32.6 Å². The molecule has 0 radical (unpaired) electrons. The molecule has 0 amide bonds. The van der Waals surface area contributed by atoms with Gasteiger partial charge in [-0.25, -0.2) is 17.8 Å². The number of sulfone groups is 1. The lowest BCUT2D eigenvalue weighted by Gasteiger charge is -2.11. The molecule has 6 nitrogen and oxygen atoms in total. The van der Waals surface area contributed by atoms with E-state index in [0.29, 0.717) is 28.8 Å². The van der Waals surface area contributed by atoms with Gasteiger partial charge in [-0.15, -0.1) is 5.10 Å². The second kappa shape index (κ2) is 7.77. The number of fused-ring (bicyclic) bond motifs is 1. The summed E-state index contributed by atoms with van der Waals surface area (Å²) in [4.78, 5) is 4.54. The minimum Gasteiger partial charge on any atom is -0.314 e. The summed E-state index contributed by atoms with van der Waals surface area (Å²) in [5.41, 5.74) is 3.40. The van der Waals surface area contributed by atoms with Crippen LogP contribution in [0, 0.1) is 5.82 Å². The van der Waals surface area contributed by atoms with E-state index in [9.17, 15) is 12.8 Å². The quantitative estimate of drug-likeness (QED) is 0.443. The van der Waals surface area contributed by atoms with Crippen LogP contribution in [-0.2, 0) is 16.4 Å². The minimum atomic E-state index is -3.41. The monoisotopic (exact) mass is 444 g/mol. The summed E-state index contributed by atoms with van der Waals surface area (Å²) in [5, 5.41) is 8.37. The molecule has 154 valence electrons. The zero-order valence-electron chi connectivity index (χ0n) is 16.3. The molecule has 0 N–H and O–H groups in total. The number of benzene rings is 2. The Hall–Kier alpha value is -2.84. The van der Waals surface area contributed by atoms with Crippen molar-refractivity contribution in [3.63, 3.8) is 0 Å². The van der Waals surface area contributed by atoms with Crippen molar-refractivity contribution in [1.82, 2.24) is 19.7 Å². The summed E-state index contributed by atoms with van der Waals surface area (Å²) >= 11 is 6.35. The molecule has 0 aliphatic carbocycles. The van der Waals surface area contributed by atoms with E-state index in [0.717, 1.165) is 5.56 Å². The van der Waals surface area contributed by atoms with Crippen molar-refractivity contribution < 1.29 is 12.8 Å². The maximum Gasteiger partial charge on any atom is 0.183 e. The van der Waals surface area contributed by atoms with Crippen molar-refractivity contribution in [2.75, 3.05) is 5.75 Å². The normalized spacial score (nSPS) is 11.9. The van der Waals surface area contributed by atoms with Gasteiger partial charge in [-0.2, -0.15) is 5.10 Å². The van der Waals surface area contributed by atoms with E-state index >= 15 is 0 Å². The average molecular weight is 445 g/mol. The van der Waals surface area contributed by atoms with Gasteiger partial charge in [-0.1, -0.05) is 30.7 Å². The molecule has 9 heteroatoms. The standard InChI is InChI=1S/C21H18ClFN4O2S/c1-3-27-12-24-20-17(11-25-26-21(20)27)13-5-8-19(23)16(9-13)15-7-6-14(10-18(15)22)30(28,29)4-2/h5-12H,3-4H2,1-2H3. The van der Waals surface area contributed by atoms with Crippen LogP contribution in [0.3, 0.4) is 0 Å². The lowest BCUT2D eigenvalue weighted by molar-refractivity contribution is 0.597. The van der Waals surface area contributed by atoms with E-state index in [1.165, 1.54) is 24.3 Å². The Labute approximate surface area is 178 Å². The average Bonchev–Trinajstić information content (AvgIpc) is 3.17. The number of aromatic nitrogens is 4. The molecule has 2 heterocycles. The van der Waals surface area contributed by atoms with Crippen LogP contribution in [0.1, 0.15) is 13.8 Å². The highest BCUT2D eigenvalue weighted by atomic mass is 35.5. The van der Waals surface area contributed by atoms with Crippen LogP contribution in [0.15, 0.2) is 53.8 Å². The van der Waals surface area contributed by atoms with E-state index in [1.807, 2.05) is 11.5 Å². The Kier molecular flexibility index (Phi) is 5.29. The number of nitrogens with zero attached hydrogens (tertiary/aromatic N) is 4. The number of hydrogen-bond donors (Lipinski definition) is 0. The van der Waals surface area contributed by atoms with Crippen molar-refractivity contribution in [2.45, 2.75) is 25.3 Å². The summed E-state index contributed by atoms with van der Waals surface area (Å²) in [6.45, 7) is 4.24. The highest BCUT2D eigenvalue weighted by molar-refractivity contribution is 7.91. The summed E-state index contributed by atoms with van der Waals surface area (Å²) in [5.74, 6) is -0.508. The summed E-state index contributed by atoms with van der Waals surface area (Å²) in [6.07, 6.45) is 3.28. The molecule has 0 unspecified atom stereocenters. The van der Waals surface area contributed by atoms with Gasteiger partial charge in [0.2, 0.25) is 0 Å². The predicted octanol–water partition coefficient (Wildman–Crippen LogP) is 4.77. The Morgan fingerprint density at radius 3 is 2.57 bits per heavy atom. The molecule has 0 spiro atoms. The summed E-state index contributed by atoms with van der Waals surface area (Å²) in [7, 11) is -3.41. The van der Waals surface area contributed by atoms with Gasteiger partial charge in [0, 0.05) is 28.3 Å². The number of halogens is 2. The lowest BCUT2D eigenvalue weighted by atomic mass is 9.99. The largest absolute Gasteiger partial charge is 0.314 e. The zero-order valence-corrected chi connectivity index (χ0v) is 17.9. The van der Waals surface area contributed by atoms with Gasteiger partial charge in [0.05, 0.1) is 23.2 Å². The molecular weight excluding hydrogens is 427 g/mol. The Morgan fingerprint density at radius 1 is 1.07 bits per heavy atom. The van der Waals surface area contributed by atoms with Gasteiger partial charge < -0.3 is 4.57 Å². The van der Waals surface area contributed by atoms with E-state index in [4.69, 9.17) is 11.6 Å². The van der Waals surface area contributed by atoms with Crippen LogP contribution in [0.2, 0.25) is 5.02 Å². The number of aryl methyl sites for hydroxylation is 1. The topological polar surface area (TPSA) is 77.7 Å². The third-order valence-corrected chi connectivity index (χ3v) is 7.04. The second-order valence-electron chi connectivity index (χ2n) is 6.70. The molecule has 4 rings (SSSR count). The molecule has 0 atom stereocenters. The molecule has 0 aliphatic rings. The van der Waals surface area contributed by atoms with Crippen LogP contribution in [-0.4, -0.2) is 33.9 Å². The van der Waals surface area contributed by atoms with Crippen molar-refractivity contribution in [1.29, 1.82) is 0 Å². The molecule has 4 aromatic rings. The summed E-state index contributed by atoms with van der Waals surface area (Å²) < 4.78 is 40.8. The van der Waals surface area contributed by atoms with Crippen LogP contribution in [0.25, 0.3) is 33.4 Å². The van der Waals surface area contributed by atoms with E-state index < -0.39 is 15.7 Å². The molecule has 0 aliphatic heterocycles. The van der Waals surface area contributed by atoms with Crippen LogP contribution in [0.5, 0.6) is 0 Å². The van der Waals surface area contributed by atoms with Gasteiger partial charge in [-0.3, -0.25) is 0 Å². The number of imidazole rings is 1. The molecule has 2 aromatic carbocycles. The molecular formula is C21H18ClFN4O2S. The first-order chi connectivity index (χ1) is 14.4. The number of rotatable bonds is 5. The molecule has 0 saturated carbocycles. The van der Waals surface area contributed by atoms with Crippen LogP contribution < -0.4 is 0 Å². The van der Waals surface area contributed by atoms with Gasteiger partial charge in [0.1, 0.15) is 11.3 Å². The van der Waals surface area contributed by atoms with E-state index in [1.54, 1.807) is 31.6 Å². The molecule has 2 aromatic heterocycles. The van der Waals surface area contributed by atoms with Crippen LogP contribution in [0.4, 0.5) is 4.39 Å². The maximum absolute atomic E-state index is 14.7. The van der Waals surface area contributed by atoms with Gasteiger partial charge in [-0.05, 0) is 36.8 Å². The van der Waals surface area contributed by atoms with Crippen molar-refractivity contribution in [3.8, 4) is 22.3 Å². The first-order valence-electron chi connectivity index (χ1n) is 9.34. The smallest absolute Gasteiger partial charge is 0.183 e. The lowest BCUT2D eigenvalue weighted by Crippen LogP contribution is -2.03. The minimum absolute atomic E-state index is 0.0397. The second-order valence-corrected chi connectivity index (χ2v) is 9.39. The molecule has 30 heavy (non-hydrogen) atoms. The van der Waals surface area contributed by atoms with Gasteiger partial charge >= 0.3 is 0 Å². The zero-order chi connectivity index (χ0) is 21.5. The molecule has 0 saturated heterocycles. The molecule has 0 bridgehead atoms. The summed E-state index contributed by atoms with van der Waals surface area (Å²) in [6, 6.07) is 8.98. The highest BCUT2D eigenvalue weighted by Crippen LogP contribution is 2.35. The maximum atomic E-state index is 14.7. The fourth-order valence-electron chi connectivity index (χ4n) is 3.29. The first-order valence-corrected chi connectivity index (χ1v) is 11.4. The third-order valence-electron chi connectivity index (χ3n) is 4.99. The number of hydrogen-bond acceptors (Lipinski definition) is 5. The Bertz CT molecular complexity index is 1370. The predicted molar refractivity (Wildman–Crippen MR) is 115 cm³/mol. The van der Waals surface area contributed by atoms with Crippen LogP contribution >= 0.6 is 11.6 Å². The Morgan fingerprint density at radius 2 is 1.87 bits per heavy atom. The fourth-order valence-corrected chi connectivity index (χ4v) is 4.54. The third kappa shape index (κ3) is 3.46. The molecule has 0 fully saturated rings. The van der Waals surface area contributed by atoms with E-state index in [-0.39, 0.29) is 21.2 Å². The van der Waals surface area contributed by atoms with E-state index in [2.05, 4.69) is 15.2 Å². The Balaban J connectivity index is 1.85. The SMILES string of the molecule is CCn1cnc2c(-c3ccc(F)c(-c4ccc(S(=O)(=O)CC)cc4Cl)c3)cnnc21. The van der Waals surface area contributed by atoms with Gasteiger partial charge in [0.25, 0.3) is 0 Å². The van der Waals surface area contributed by atoms with Crippen molar-refractivity contribution in [3.05, 3.63) is 59.8 Å². The highest BCUT2D eigenvalue weighted by Gasteiger charge is 2.18. The fraction of sp³-hybridized carbons (Fsp3) is 0.190.